The van der Waals surface area contributed by atoms with Crippen molar-refractivity contribution in [3.8, 4) is 0 Å². The third kappa shape index (κ3) is 1.40. The van der Waals surface area contributed by atoms with Crippen LogP contribution in [0.3, 0.4) is 0 Å². The van der Waals surface area contributed by atoms with Crippen LogP contribution in [0.25, 0.3) is 10.4 Å². The number of hydrogen-bond acceptors (Lipinski definition) is 1. The van der Waals surface area contributed by atoms with E-state index in [-0.39, 0.29) is 0 Å². The molecule has 0 N–H and O–H groups in total. The minimum Gasteiger partial charge on any atom is -0.0940 e. The minimum absolute atomic E-state index is 0.569. The summed E-state index contributed by atoms with van der Waals surface area (Å²) < 4.78 is 0. The summed E-state index contributed by atoms with van der Waals surface area (Å²) in [6.45, 7) is 5.51. The van der Waals surface area contributed by atoms with Crippen molar-refractivity contribution in [1.82, 2.24) is 0 Å². The molecule has 3 heteroatoms. The Kier molecular flexibility index (Phi) is 2.44. The van der Waals surface area contributed by atoms with E-state index >= 15 is 0 Å². The number of fused-ring (bicyclic) bond motifs is 2. The minimum atomic E-state index is 0.569. The van der Waals surface area contributed by atoms with Crippen LogP contribution in [0.5, 0.6) is 0 Å². The fourth-order valence-electron chi connectivity index (χ4n) is 3.58. The molecule has 0 amide bonds. The zero-order valence-corrected chi connectivity index (χ0v) is 9.11. The Hall–Kier alpha value is -0.690. The van der Waals surface area contributed by atoms with E-state index in [0.29, 0.717) is 12.0 Å². The predicted molar refractivity (Wildman–Crippen MR) is 56.7 cm³/mol. The highest BCUT2D eigenvalue weighted by Gasteiger charge is 2.53. The normalized spacial score (nSPS) is 38.3. The Balaban J connectivity index is 1.91. The van der Waals surface area contributed by atoms with Crippen molar-refractivity contribution >= 4 is 0 Å². The quantitative estimate of drug-likeness (QED) is 0.372. The van der Waals surface area contributed by atoms with Gasteiger partial charge in [-0.3, -0.25) is 0 Å². The first-order valence-electron chi connectivity index (χ1n) is 5.67. The average Bonchev–Trinajstić information content (AvgIpc) is 2.18. The lowest BCUT2D eigenvalue weighted by molar-refractivity contribution is -0.106. The summed E-state index contributed by atoms with van der Waals surface area (Å²) in [5, 5.41) is 3.65. The summed E-state index contributed by atoms with van der Waals surface area (Å²) >= 11 is 0. The van der Waals surface area contributed by atoms with Crippen molar-refractivity contribution in [3.63, 3.8) is 0 Å². The van der Waals surface area contributed by atoms with Gasteiger partial charge in [0, 0.05) is 11.5 Å². The Morgan fingerprint density at radius 1 is 1.43 bits per heavy atom. The van der Waals surface area contributed by atoms with Crippen molar-refractivity contribution in [1.29, 1.82) is 0 Å². The molecule has 0 heterocycles. The SMILES string of the molecule is CC1(C)C2CCC(CCN=[N+]=[N-])C1C2. The molecule has 3 saturated carbocycles. The van der Waals surface area contributed by atoms with Crippen molar-refractivity contribution in [2.24, 2.45) is 28.3 Å². The van der Waals surface area contributed by atoms with Crippen LogP contribution in [-0.4, -0.2) is 6.54 Å². The summed E-state index contributed by atoms with van der Waals surface area (Å²) in [5.41, 5.74) is 8.80. The first kappa shape index (κ1) is 9.85. The van der Waals surface area contributed by atoms with Crippen LogP contribution in [0.1, 0.15) is 39.5 Å². The van der Waals surface area contributed by atoms with Crippen molar-refractivity contribution in [3.05, 3.63) is 10.4 Å². The van der Waals surface area contributed by atoms with E-state index in [1.165, 1.54) is 19.3 Å². The second-order valence-electron chi connectivity index (χ2n) is 5.44. The topological polar surface area (TPSA) is 48.8 Å². The van der Waals surface area contributed by atoms with Crippen LogP contribution in [0.4, 0.5) is 0 Å². The molecule has 3 aliphatic carbocycles. The summed E-state index contributed by atoms with van der Waals surface area (Å²) in [5.74, 6) is 2.69. The summed E-state index contributed by atoms with van der Waals surface area (Å²) in [6, 6.07) is 0. The molecule has 3 rings (SSSR count). The summed E-state index contributed by atoms with van der Waals surface area (Å²) in [4.78, 5) is 2.82. The van der Waals surface area contributed by atoms with Crippen molar-refractivity contribution in [2.45, 2.75) is 39.5 Å². The largest absolute Gasteiger partial charge is 0.0940 e. The standard InChI is InChI=1S/C11H19N3/c1-11(2)9-4-3-8(10(11)7-9)5-6-13-14-12/h8-10H,3-7H2,1-2H3. The third-order valence-corrected chi connectivity index (χ3v) is 4.66. The molecule has 0 saturated heterocycles. The van der Waals surface area contributed by atoms with Crippen LogP contribution in [0.15, 0.2) is 5.11 Å². The smallest absolute Gasteiger partial charge is 0.0260 e. The second kappa shape index (κ2) is 3.47. The van der Waals surface area contributed by atoms with Gasteiger partial charge in [-0.15, -0.1) is 0 Å². The fourth-order valence-corrected chi connectivity index (χ4v) is 3.58. The molecule has 0 aromatic carbocycles. The summed E-state index contributed by atoms with van der Waals surface area (Å²) in [6.07, 6.45) is 5.28. The number of rotatable bonds is 3. The van der Waals surface area contributed by atoms with Gasteiger partial charge >= 0.3 is 0 Å². The van der Waals surface area contributed by atoms with E-state index < -0.39 is 0 Å². The van der Waals surface area contributed by atoms with Gasteiger partial charge in [0.1, 0.15) is 0 Å². The van der Waals surface area contributed by atoms with E-state index in [2.05, 4.69) is 23.9 Å². The zero-order chi connectivity index (χ0) is 10.2. The van der Waals surface area contributed by atoms with Crippen molar-refractivity contribution in [2.75, 3.05) is 6.54 Å². The molecule has 3 unspecified atom stereocenters. The van der Waals surface area contributed by atoms with Gasteiger partial charge in [0.25, 0.3) is 0 Å². The Morgan fingerprint density at radius 3 is 2.79 bits per heavy atom. The maximum atomic E-state index is 8.23. The Labute approximate surface area is 85.5 Å². The Bertz CT molecular complexity index is 264. The lowest BCUT2D eigenvalue weighted by atomic mass is 9.45. The van der Waals surface area contributed by atoms with Crippen LogP contribution < -0.4 is 0 Å². The lowest BCUT2D eigenvalue weighted by Crippen LogP contribution is -2.52. The molecule has 78 valence electrons. The number of azide groups is 1. The van der Waals surface area contributed by atoms with Crippen LogP contribution >= 0.6 is 0 Å². The number of hydrogen-bond donors (Lipinski definition) is 0. The molecular formula is C11H19N3. The molecule has 0 aromatic rings. The molecule has 3 atom stereocenters. The summed E-state index contributed by atoms with van der Waals surface area (Å²) in [7, 11) is 0. The van der Waals surface area contributed by atoms with Gasteiger partial charge in [0.05, 0.1) is 0 Å². The molecule has 3 nitrogen and oxygen atoms in total. The molecular weight excluding hydrogens is 174 g/mol. The molecule has 0 spiro atoms. The first-order chi connectivity index (χ1) is 6.66. The highest BCUT2D eigenvalue weighted by Crippen LogP contribution is 2.61. The van der Waals surface area contributed by atoms with E-state index in [0.717, 1.165) is 24.2 Å². The molecule has 2 bridgehead atoms. The van der Waals surface area contributed by atoms with Crippen molar-refractivity contribution < 1.29 is 0 Å². The average molecular weight is 193 g/mol. The molecule has 3 aliphatic rings. The van der Waals surface area contributed by atoms with Gasteiger partial charge in [-0.05, 0) is 54.4 Å². The van der Waals surface area contributed by atoms with E-state index in [4.69, 9.17) is 5.53 Å². The van der Waals surface area contributed by atoms with Gasteiger partial charge in [-0.25, -0.2) is 0 Å². The second-order valence-corrected chi connectivity index (χ2v) is 5.44. The van der Waals surface area contributed by atoms with Gasteiger partial charge in [0.15, 0.2) is 0 Å². The van der Waals surface area contributed by atoms with E-state index in [1.54, 1.807) is 0 Å². The van der Waals surface area contributed by atoms with Crippen LogP contribution in [0.2, 0.25) is 0 Å². The molecule has 0 aromatic heterocycles. The molecule has 3 fully saturated rings. The zero-order valence-electron chi connectivity index (χ0n) is 9.11. The Morgan fingerprint density at radius 2 is 2.21 bits per heavy atom. The highest BCUT2D eigenvalue weighted by atomic mass is 15.1. The molecule has 0 radical (unpaired) electrons. The van der Waals surface area contributed by atoms with Crippen LogP contribution in [0, 0.1) is 23.2 Å². The lowest BCUT2D eigenvalue weighted by Gasteiger charge is -2.60. The molecule has 14 heavy (non-hydrogen) atoms. The van der Waals surface area contributed by atoms with Crippen LogP contribution in [-0.2, 0) is 0 Å². The predicted octanol–water partition coefficient (Wildman–Crippen LogP) is 3.76. The van der Waals surface area contributed by atoms with Gasteiger partial charge in [-0.2, -0.15) is 0 Å². The maximum Gasteiger partial charge on any atom is 0.0260 e. The monoisotopic (exact) mass is 193 g/mol. The van der Waals surface area contributed by atoms with E-state index in [9.17, 15) is 0 Å². The van der Waals surface area contributed by atoms with Gasteiger partial charge in [0.2, 0.25) is 0 Å². The third-order valence-electron chi connectivity index (χ3n) is 4.66. The fraction of sp³-hybridized carbons (Fsp3) is 1.00. The molecule has 0 aliphatic heterocycles. The van der Waals surface area contributed by atoms with Gasteiger partial charge in [-0.1, -0.05) is 19.0 Å². The highest BCUT2D eigenvalue weighted by molar-refractivity contribution is 5.03. The first-order valence-corrected chi connectivity index (χ1v) is 5.67. The maximum absolute atomic E-state index is 8.23. The van der Waals surface area contributed by atoms with E-state index in [1.807, 2.05) is 0 Å². The van der Waals surface area contributed by atoms with Gasteiger partial charge < -0.3 is 0 Å². The number of nitrogens with zero attached hydrogens (tertiary/aromatic N) is 3.